The molecular formula is C12H16BrNO3. The number of ether oxygens (including phenoxy) is 2. The van der Waals surface area contributed by atoms with Crippen molar-refractivity contribution in [1.29, 1.82) is 0 Å². The van der Waals surface area contributed by atoms with Gasteiger partial charge in [-0.1, -0.05) is 22.0 Å². The molecule has 0 aliphatic heterocycles. The van der Waals surface area contributed by atoms with Crippen LogP contribution in [0.5, 0.6) is 11.5 Å². The van der Waals surface area contributed by atoms with Crippen molar-refractivity contribution in [2.45, 2.75) is 13.0 Å². The Hall–Kier alpha value is -1.23. The summed E-state index contributed by atoms with van der Waals surface area (Å²) in [6.45, 7) is 1.91. The molecule has 0 radical (unpaired) electrons. The second-order valence-electron chi connectivity index (χ2n) is 3.57. The number of hydrogen-bond donors (Lipinski definition) is 1. The van der Waals surface area contributed by atoms with E-state index in [4.69, 9.17) is 9.47 Å². The van der Waals surface area contributed by atoms with Crippen LogP contribution in [-0.4, -0.2) is 31.5 Å². The van der Waals surface area contributed by atoms with Crippen molar-refractivity contribution in [3.05, 3.63) is 23.8 Å². The van der Waals surface area contributed by atoms with E-state index < -0.39 is 0 Å². The number of carbonyl (C=O) groups excluding carboxylic acids is 1. The van der Waals surface area contributed by atoms with Crippen LogP contribution in [0.4, 0.5) is 0 Å². The van der Waals surface area contributed by atoms with Crippen molar-refractivity contribution >= 4 is 21.8 Å². The van der Waals surface area contributed by atoms with Gasteiger partial charge in [0.1, 0.15) is 17.1 Å². The largest absolute Gasteiger partial charge is 0.496 e. The first kappa shape index (κ1) is 13.8. The molecule has 1 N–H and O–H groups in total. The first-order valence-corrected chi connectivity index (χ1v) is 6.34. The molecule has 94 valence electrons. The molecule has 1 amide bonds. The maximum atomic E-state index is 12.1. The molecule has 1 atom stereocenters. The fraction of sp³-hybridized carbons (Fsp3) is 0.417. The number of nitrogens with one attached hydrogen (secondary N) is 1. The molecule has 4 nitrogen and oxygen atoms in total. The van der Waals surface area contributed by atoms with E-state index in [-0.39, 0.29) is 11.9 Å². The Morgan fingerprint density at radius 2 is 1.88 bits per heavy atom. The van der Waals surface area contributed by atoms with Gasteiger partial charge in [-0.2, -0.15) is 0 Å². The number of carbonyl (C=O) groups is 1. The number of hydrogen-bond acceptors (Lipinski definition) is 3. The van der Waals surface area contributed by atoms with Gasteiger partial charge in [0, 0.05) is 11.4 Å². The van der Waals surface area contributed by atoms with Gasteiger partial charge in [0.05, 0.1) is 14.2 Å². The molecule has 1 rings (SSSR count). The molecule has 0 aliphatic rings. The summed E-state index contributed by atoms with van der Waals surface area (Å²) in [7, 11) is 3.05. The molecule has 0 aromatic heterocycles. The van der Waals surface area contributed by atoms with E-state index in [1.54, 1.807) is 18.2 Å². The van der Waals surface area contributed by atoms with Gasteiger partial charge in [0.15, 0.2) is 0 Å². The van der Waals surface area contributed by atoms with Crippen LogP contribution >= 0.6 is 15.9 Å². The second-order valence-corrected chi connectivity index (χ2v) is 4.21. The van der Waals surface area contributed by atoms with Gasteiger partial charge >= 0.3 is 0 Å². The summed E-state index contributed by atoms with van der Waals surface area (Å²) in [5.41, 5.74) is 0.422. The number of rotatable bonds is 5. The minimum Gasteiger partial charge on any atom is -0.496 e. The average molecular weight is 302 g/mol. The summed E-state index contributed by atoms with van der Waals surface area (Å²) < 4.78 is 10.3. The van der Waals surface area contributed by atoms with Gasteiger partial charge in [0.2, 0.25) is 0 Å². The number of benzene rings is 1. The zero-order chi connectivity index (χ0) is 12.8. The fourth-order valence-corrected chi connectivity index (χ4v) is 1.57. The van der Waals surface area contributed by atoms with Crippen molar-refractivity contribution in [3.63, 3.8) is 0 Å². The highest BCUT2D eigenvalue weighted by molar-refractivity contribution is 9.09. The highest BCUT2D eigenvalue weighted by Gasteiger charge is 2.19. The lowest BCUT2D eigenvalue weighted by Crippen LogP contribution is -2.34. The number of alkyl halides is 1. The van der Waals surface area contributed by atoms with Gasteiger partial charge in [-0.05, 0) is 19.1 Å². The van der Waals surface area contributed by atoms with Gasteiger partial charge in [-0.3, -0.25) is 4.79 Å². The lowest BCUT2D eigenvalue weighted by molar-refractivity contribution is 0.0937. The normalized spacial score (nSPS) is 11.8. The van der Waals surface area contributed by atoms with Crippen LogP contribution in [0.3, 0.4) is 0 Å². The van der Waals surface area contributed by atoms with E-state index >= 15 is 0 Å². The van der Waals surface area contributed by atoms with Gasteiger partial charge in [-0.15, -0.1) is 0 Å². The quantitative estimate of drug-likeness (QED) is 0.848. The SMILES string of the molecule is COc1cccc(OC)c1C(=O)NC(C)CBr. The zero-order valence-corrected chi connectivity index (χ0v) is 11.7. The smallest absolute Gasteiger partial charge is 0.259 e. The Balaban J connectivity index is 3.05. The highest BCUT2D eigenvalue weighted by Crippen LogP contribution is 2.28. The van der Waals surface area contributed by atoms with Crippen molar-refractivity contribution in [2.75, 3.05) is 19.5 Å². The summed E-state index contributed by atoms with van der Waals surface area (Å²) >= 11 is 3.31. The minimum atomic E-state index is -0.203. The predicted octanol–water partition coefficient (Wildman–Crippen LogP) is 2.22. The van der Waals surface area contributed by atoms with E-state index in [0.29, 0.717) is 22.4 Å². The molecule has 5 heteroatoms. The third-order valence-electron chi connectivity index (χ3n) is 2.26. The Morgan fingerprint density at radius 1 is 1.35 bits per heavy atom. The standard InChI is InChI=1S/C12H16BrNO3/c1-8(7-13)14-12(15)11-9(16-2)5-4-6-10(11)17-3/h4-6,8H,7H2,1-3H3,(H,14,15). The van der Waals surface area contributed by atoms with Crippen LogP contribution in [0.1, 0.15) is 17.3 Å². The molecule has 1 unspecified atom stereocenters. The van der Waals surface area contributed by atoms with Crippen LogP contribution in [0.25, 0.3) is 0 Å². The van der Waals surface area contributed by atoms with E-state index in [1.165, 1.54) is 14.2 Å². The van der Waals surface area contributed by atoms with Gasteiger partial charge < -0.3 is 14.8 Å². The molecule has 0 spiro atoms. The fourth-order valence-electron chi connectivity index (χ4n) is 1.41. The van der Waals surface area contributed by atoms with Crippen molar-refractivity contribution in [3.8, 4) is 11.5 Å². The maximum absolute atomic E-state index is 12.1. The third-order valence-corrected chi connectivity index (χ3v) is 3.24. The van der Waals surface area contributed by atoms with Crippen LogP contribution < -0.4 is 14.8 Å². The van der Waals surface area contributed by atoms with Crippen LogP contribution in [0.2, 0.25) is 0 Å². The lowest BCUT2D eigenvalue weighted by Gasteiger charge is -2.15. The van der Waals surface area contributed by atoms with E-state index in [0.717, 1.165) is 0 Å². The highest BCUT2D eigenvalue weighted by atomic mass is 79.9. The van der Waals surface area contributed by atoms with Crippen molar-refractivity contribution in [2.24, 2.45) is 0 Å². The molecular weight excluding hydrogens is 286 g/mol. The molecule has 0 heterocycles. The predicted molar refractivity (Wildman–Crippen MR) is 70.3 cm³/mol. The summed E-state index contributed by atoms with van der Waals surface area (Å²) in [5.74, 6) is 0.804. The molecule has 0 saturated heterocycles. The third kappa shape index (κ3) is 3.36. The van der Waals surface area contributed by atoms with E-state index in [9.17, 15) is 4.79 Å². The first-order valence-electron chi connectivity index (χ1n) is 5.21. The topological polar surface area (TPSA) is 47.6 Å². The van der Waals surface area contributed by atoms with E-state index in [1.807, 2.05) is 6.92 Å². The maximum Gasteiger partial charge on any atom is 0.259 e. The Morgan fingerprint density at radius 3 is 2.29 bits per heavy atom. The monoisotopic (exact) mass is 301 g/mol. The molecule has 0 bridgehead atoms. The summed E-state index contributed by atoms with van der Waals surface area (Å²) in [5, 5.41) is 3.54. The number of methoxy groups -OCH3 is 2. The molecule has 0 saturated carbocycles. The molecule has 0 aliphatic carbocycles. The zero-order valence-electron chi connectivity index (χ0n) is 10.1. The van der Waals surface area contributed by atoms with Crippen molar-refractivity contribution in [1.82, 2.24) is 5.32 Å². The molecule has 1 aromatic rings. The molecule has 0 fully saturated rings. The molecule has 1 aromatic carbocycles. The van der Waals surface area contributed by atoms with Gasteiger partial charge in [0.25, 0.3) is 5.91 Å². The lowest BCUT2D eigenvalue weighted by atomic mass is 10.1. The second kappa shape index (κ2) is 6.49. The van der Waals surface area contributed by atoms with Crippen LogP contribution in [0, 0.1) is 0 Å². The first-order chi connectivity index (χ1) is 8.13. The summed E-state index contributed by atoms with van der Waals surface area (Å²) in [6.07, 6.45) is 0. The Labute approximate surface area is 109 Å². The molecule has 17 heavy (non-hydrogen) atoms. The Kier molecular flexibility index (Phi) is 5.28. The van der Waals surface area contributed by atoms with Crippen LogP contribution in [0.15, 0.2) is 18.2 Å². The van der Waals surface area contributed by atoms with Gasteiger partial charge in [-0.25, -0.2) is 0 Å². The Bertz CT molecular complexity index is 373. The number of halogens is 1. The van der Waals surface area contributed by atoms with E-state index in [2.05, 4.69) is 21.2 Å². The average Bonchev–Trinajstić information content (AvgIpc) is 2.37. The summed E-state index contributed by atoms with van der Waals surface area (Å²) in [4.78, 5) is 12.1. The summed E-state index contributed by atoms with van der Waals surface area (Å²) in [6, 6.07) is 5.28. The van der Waals surface area contributed by atoms with Crippen molar-refractivity contribution < 1.29 is 14.3 Å². The number of amides is 1. The van der Waals surface area contributed by atoms with Crippen LogP contribution in [-0.2, 0) is 0 Å². The minimum absolute atomic E-state index is 0.0390.